The lowest BCUT2D eigenvalue weighted by Crippen LogP contribution is -2.29. The predicted octanol–water partition coefficient (Wildman–Crippen LogP) is 21.4. The second-order valence-electron chi connectivity index (χ2n) is 21.6. The van der Waals surface area contributed by atoms with Crippen LogP contribution in [-0.4, -0.2) is 49.3 Å². The molecular formula is C70H122NO8P. The molecule has 0 aliphatic heterocycles. The Bertz CT molecular complexity index is 1680. The van der Waals surface area contributed by atoms with Crippen molar-refractivity contribution in [2.24, 2.45) is 5.73 Å². The van der Waals surface area contributed by atoms with E-state index in [0.29, 0.717) is 6.42 Å². The smallest absolute Gasteiger partial charge is 0.462 e. The lowest BCUT2D eigenvalue weighted by atomic mass is 10.0. The van der Waals surface area contributed by atoms with Crippen LogP contribution in [-0.2, 0) is 32.7 Å². The summed E-state index contributed by atoms with van der Waals surface area (Å²) < 4.78 is 33.1. The summed E-state index contributed by atoms with van der Waals surface area (Å²) in [4.78, 5) is 35.2. The molecule has 0 fully saturated rings. The zero-order valence-corrected chi connectivity index (χ0v) is 52.4. The first kappa shape index (κ1) is 76.7. The lowest BCUT2D eigenvalue weighted by Gasteiger charge is -2.19. The number of esters is 2. The van der Waals surface area contributed by atoms with Crippen molar-refractivity contribution in [3.63, 3.8) is 0 Å². The van der Waals surface area contributed by atoms with Gasteiger partial charge in [-0.1, -0.05) is 303 Å². The number of phosphoric ester groups is 1. The molecule has 0 aromatic carbocycles. The van der Waals surface area contributed by atoms with Gasteiger partial charge in [0.15, 0.2) is 6.10 Å². The van der Waals surface area contributed by atoms with E-state index in [1.54, 1.807) is 0 Å². The molecule has 0 amide bonds. The third-order valence-corrected chi connectivity index (χ3v) is 14.9. The van der Waals surface area contributed by atoms with Gasteiger partial charge in [-0.2, -0.15) is 0 Å². The second-order valence-corrected chi connectivity index (χ2v) is 23.1. The summed E-state index contributed by atoms with van der Waals surface area (Å²) in [6, 6.07) is 0. The Morgan fingerprint density at radius 1 is 0.388 bits per heavy atom. The highest BCUT2D eigenvalue weighted by Gasteiger charge is 2.26. The predicted molar refractivity (Wildman–Crippen MR) is 344 cm³/mol. The zero-order valence-electron chi connectivity index (χ0n) is 51.5. The standard InChI is InChI=1S/C70H122NO8P/c1-3-5-7-9-11-13-15-17-19-21-23-24-25-26-27-28-29-30-31-32-33-34-35-36-37-38-39-40-41-42-43-44-45-47-49-51-53-55-57-59-61-63-70(73)79-68(67-78-80(74,75)77-65-64-71)66-76-69(72)62-60-58-56-54-52-50-48-46-22-20-18-16-14-12-10-8-6-4-2/h5,7,11,13,17,19,23-24,26-27,29-30,32-33,35-36,38-39,68H,3-4,6,8-10,12,14-16,18,20-22,25,28,31,34,37,40-67,71H2,1-2H3,(H,74,75)/b7-5-,13-11-,19-17-,24-23-,27-26-,30-29-,33-32-,36-35-,39-38-. The SMILES string of the molecule is CC/C=C\C/C=C\C/C=C\C/C=C\C/C=C\C/C=C\C/C=C\C/C=C\C/C=C\CCCCCCCCCCCCCCCC(=O)OC(COC(=O)CCCCCCCCCCCCCCCCCCCC)COP(=O)(O)OCCN. The van der Waals surface area contributed by atoms with Gasteiger partial charge in [-0.3, -0.25) is 18.6 Å². The van der Waals surface area contributed by atoms with E-state index in [-0.39, 0.29) is 38.6 Å². The molecule has 0 aromatic rings. The molecule has 0 aliphatic carbocycles. The lowest BCUT2D eigenvalue weighted by molar-refractivity contribution is -0.161. The van der Waals surface area contributed by atoms with Crippen molar-refractivity contribution in [1.29, 1.82) is 0 Å². The summed E-state index contributed by atoms with van der Waals surface area (Å²) in [6.45, 7) is 3.66. The fourth-order valence-corrected chi connectivity index (χ4v) is 9.87. The van der Waals surface area contributed by atoms with Crippen LogP contribution in [0, 0.1) is 0 Å². The summed E-state index contributed by atoms with van der Waals surface area (Å²) in [5.74, 6) is -0.821. The maximum Gasteiger partial charge on any atom is 0.472 e. The van der Waals surface area contributed by atoms with E-state index >= 15 is 0 Å². The van der Waals surface area contributed by atoms with Crippen LogP contribution in [0.2, 0.25) is 0 Å². The largest absolute Gasteiger partial charge is 0.472 e. The third kappa shape index (κ3) is 63.8. The van der Waals surface area contributed by atoms with Crippen molar-refractivity contribution in [2.45, 2.75) is 296 Å². The van der Waals surface area contributed by atoms with E-state index in [0.717, 1.165) is 96.3 Å². The Morgan fingerprint density at radius 3 is 1.02 bits per heavy atom. The van der Waals surface area contributed by atoms with Crippen molar-refractivity contribution in [1.82, 2.24) is 0 Å². The quantitative estimate of drug-likeness (QED) is 0.0264. The number of unbranched alkanes of at least 4 members (excludes halogenated alkanes) is 30. The topological polar surface area (TPSA) is 134 Å². The number of carbonyl (C=O) groups excluding carboxylic acids is 2. The normalized spacial score (nSPS) is 13.7. The molecule has 80 heavy (non-hydrogen) atoms. The van der Waals surface area contributed by atoms with Gasteiger partial charge in [0, 0.05) is 19.4 Å². The fraction of sp³-hybridized carbons (Fsp3) is 0.714. The monoisotopic (exact) mass is 1140 g/mol. The first-order valence-electron chi connectivity index (χ1n) is 32.9. The number of allylic oxidation sites excluding steroid dienone is 18. The maximum absolute atomic E-state index is 12.7. The Hall–Kier alpha value is -3.33. The molecular weight excluding hydrogens is 1010 g/mol. The zero-order chi connectivity index (χ0) is 58.0. The number of phosphoric acid groups is 1. The molecule has 2 atom stereocenters. The third-order valence-electron chi connectivity index (χ3n) is 13.9. The minimum Gasteiger partial charge on any atom is -0.462 e. The van der Waals surface area contributed by atoms with E-state index < -0.39 is 26.5 Å². The van der Waals surface area contributed by atoms with E-state index in [2.05, 4.69) is 123 Å². The summed E-state index contributed by atoms with van der Waals surface area (Å²) in [5.41, 5.74) is 5.39. The minimum atomic E-state index is -4.39. The molecule has 2 unspecified atom stereocenters. The maximum atomic E-state index is 12.7. The average Bonchev–Trinajstić information content (AvgIpc) is 3.45. The Labute approximate surface area is 492 Å². The van der Waals surface area contributed by atoms with Crippen LogP contribution in [0.15, 0.2) is 109 Å². The highest BCUT2D eigenvalue weighted by atomic mass is 31.2. The van der Waals surface area contributed by atoms with Gasteiger partial charge < -0.3 is 20.1 Å². The molecule has 0 saturated carbocycles. The molecule has 0 aliphatic rings. The average molecular weight is 1140 g/mol. The van der Waals surface area contributed by atoms with Crippen LogP contribution in [0.1, 0.15) is 290 Å². The van der Waals surface area contributed by atoms with Crippen LogP contribution in [0.3, 0.4) is 0 Å². The molecule has 0 aromatic heterocycles. The summed E-state index contributed by atoms with van der Waals surface area (Å²) in [5, 5.41) is 0. The number of hydrogen-bond acceptors (Lipinski definition) is 8. The molecule has 0 heterocycles. The van der Waals surface area contributed by atoms with Crippen molar-refractivity contribution in [3.8, 4) is 0 Å². The van der Waals surface area contributed by atoms with Gasteiger partial charge in [-0.05, 0) is 83.5 Å². The molecule has 0 radical (unpaired) electrons. The molecule has 0 bridgehead atoms. The Kier molecular flexibility index (Phi) is 62.1. The second kappa shape index (κ2) is 64.8. The highest BCUT2D eigenvalue weighted by molar-refractivity contribution is 7.47. The first-order valence-corrected chi connectivity index (χ1v) is 34.4. The minimum absolute atomic E-state index is 0.0514. The van der Waals surface area contributed by atoms with Crippen LogP contribution >= 0.6 is 7.82 Å². The van der Waals surface area contributed by atoms with Crippen LogP contribution in [0.25, 0.3) is 0 Å². The number of carbonyl (C=O) groups is 2. The van der Waals surface area contributed by atoms with Crippen LogP contribution in [0.5, 0.6) is 0 Å². The van der Waals surface area contributed by atoms with Gasteiger partial charge in [0.2, 0.25) is 0 Å². The van der Waals surface area contributed by atoms with Gasteiger partial charge in [-0.15, -0.1) is 0 Å². The van der Waals surface area contributed by atoms with Gasteiger partial charge in [0.1, 0.15) is 6.61 Å². The number of nitrogens with two attached hydrogens (primary N) is 1. The fourth-order valence-electron chi connectivity index (χ4n) is 9.10. The first-order chi connectivity index (χ1) is 39.3. The number of hydrogen-bond donors (Lipinski definition) is 2. The Balaban J connectivity index is 3.89. The number of ether oxygens (including phenoxy) is 2. The van der Waals surface area contributed by atoms with Crippen molar-refractivity contribution in [3.05, 3.63) is 109 Å². The van der Waals surface area contributed by atoms with Gasteiger partial charge in [0.05, 0.1) is 13.2 Å². The van der Waals surface area contributed by atoms with Gasteiger partial charge in [-0.25, -0.2) is 4.57 Å². The Morgan fingerprint density at radius 2 is 0.688 bits per heavy atom. The molecule has 0 saturated heterocycles. The summed E-state index contributed by atoms with van der Waals surface area (Å²) in [7, 11) is -4.39. The molecule has 10 heteroatoms. The van der Waals surface area contributed by atoms with E-state index in [1.807, 2.05) is 0 Å². The van der Waals surface area contributed by atoms with Crippen LogP contribution < -0.4 is 5.73 Å². The van der Waals surface area contributed by atoms with E-state index in [9.17, 15) is 19.0 Å². The van der Waals surface area contributed by atoms with Crippen LogP contribution in [0.4, 0.5) is 0 Å². The van der Waals surface area contributed by atoms with Gasteiger partial charge in [0.25, 0.3) is 0 Å². The summed E-state index contributed by atoms with van der Waals surface area (Å²) in [6.07, 6.45) is 88.8. The molecule has 3 N–H and O–H groups in total. The molecule has 460 valence electrons. The van der Waals surface area contributed by atoms with E-state index in [4.69, 9.17) is 24.3 Å². The van der Waals surface area contributed by atoms with Crippen molar-refractivity contribution < 1.29 is 37.6 Å². The van der Waals surface area contributed by atoms with E-state index in [1.165, 1.54) is 161 Å². The molecule has 0 spiro atoms. The highest BCUT2D eigenvalue weighted by Crippen LogP contribution is 2.43. The molecule has 0 rings (SSSR count). The van der Waals surface area contributed by atoms with Gasteiger partial charge >= 0.3 is 19.8 Å². The van der Waals surface area contributed by atoms with Crippen molar-refractivity contribution in [2.75, 3.05) is 26.4 Å². The summed E-state index contributed by atoms with van der Waals surface area (Å²) >= 11 is 0. The number of rotatable bonds is 61. The van der Waals surface area contributed by atoms with Crippen molar-refractivity contribution >= 4 is 19.8 Å². The molecule has 9 nitrogen and oxygen atoms in total.